The number of carbonyl (C=O) groups excluding carboxylic acids is 2. The van der Waals surface area contributed by atoms with Gasteiger partial charge in [0.1, 0.15) is 17.6 Å². The molecule has 0 saturated heterocycles. The Labute approximate surface area is 264 Å². The van der Waals surface area contributed by atoms with Crippen LogP contribution in [0.3, 0.4) is 0 Å². The fourth-order valence-corrected chi connectivity index (χ4v) is 5.34. The lowest BCUT2D eigenvalue weighted by Gasteiger charge is -2.38. The molecule has 234 valence electrons. The van der Waals surface area contributed by atoms with Crippen LogP contribution in [-0.2, 0) is 6.54 Å². The fourth-order valence-electron chi connectivity index (χ4n) is 5.34. The molecular weight excluding hydrogens is 568 g/mol. The highest BCUT2D eigenvalue weighted by Gasteiger charge is 2.34. The van der Waals surface area contributed by atoms with Crippen LogP contribution in [0, 0.1) is 5.92 Å². The average Bonchev–Trinajstić information content (AvgIpc) is 3.04. The van der Waals surface area contributed by atoms with Gasteiger partial charge in [0.15, 0.2) is 5.75 Å². The molecule has 0 saturated carbocycles. The van der Waals surface area contributed by atoms with Crippen molar-refractivity contribution >= 4 is 23.3 Å². The number of nitrogens with zero attached hydrogens (tertiary/aromatic N) is 2. The molecule has 3 amide bonds. The van der Waals surface area contributed by atoms with Gasteiger partial charge >= 0.3 is 6.03 Å². The fraction of sp³-hybridized carbons (Fsp3) is 0.278. The highest BCUT2D eigenvalue weighted by atomic mass is 16.5. The zero-order valence-electron chi connectivity index (χ0n) is 25.9. The van der Waals surface area contributed by atoms with E-state index < -0.39 is 6.03 Å². The number of likely N-dealkylation sites (N-methyl/N-ethyl adjacent to an activating group) is 1. The summed E-state index contributed by atoms with van der Waals surface area (Å²) in [5, 5.41) is 15.7. The molecule has 0 bridgehead atoms. The summed E-state index contributed by atoms with van der Waals surface area (Å²) in [7, 11) is 2.03. The van der Waals surface area contributed by atoms with Gasteiger partial charge in [-0.1, -0.05) is 61.5 Å². The van der Waals surface area contributed by atoms with E-state index in [1.54, 1.807) is 35.2 Å². The molecule has 3 atom stereocenters. The van der Waals surface area contributed by atoms with Crippen LogP contribution in [0.4, 0.5) is 16.2 Å². The Kier molecular flexibility index (Phi) is 10.3. The maximum absolute atomic E-state index is 13.8. The monoisotopic (exact) mass is 608 g/mol. The number of aliphatic hydroxyl groups excluding tert-OH is 1. The van der Waals surface area contributed by atoms with Crippen molar-refractivity contribution in [2.75, 3.05) is 37.4 Å². The van der Waals surface area contributed by atoms with Crippen molar-refractivity contribution in [3.05, 3.63) is 114 Å². The van der Waals surface area contributed by atoms with Crippen molar-refractivity contribution in [1.82, 2.24) is 9.80 Å². The normalized spacial score (nSPS) is 17.0. The van der Waals surface area contributed by atoms with Gasteiger partial charge in [-0.15, -0.1) is 0 Å². The molecule has 0 fully saturated rings. The van der Waals surface area contributed by atoms with Crippen LogP contribution in [0.2, 0.25) is 0 Å². The summed E-state index contributed by atoms with van der Waals surface area (Å²) in [5.41, 5.74) is 2.48. The molecule has 9 heteroatoms. The Bertz CT molecular complexity index is 1570. The van der Waals surface area contributed by atoms with Crippen LogP contribution in [0.25, 0.3) is 0 Å². The molecule has 4 aromatic rings. The lowest BCUT2D eigenvalue weighted by atomic mass is 9.99. The predicted octanol–water partition coefficient (Wildman–Crippen LogP) is 6.48. The van der Waals surface area contributed by atoms with E-state index in [4.69, 9.17) is 9.47 Å². The summed E-state index contributed by atoms with van der Waals surface area (Å²) in [6.45, 7) is 5.34. The van der Waals surface area contributed by atoms with Crippen LogP contribution in [0.15, 0.2) is 103 Å². The summed E-state index contributed by atoms with van der Waals surface area (Å²) in [5.74, 6) is 1.53. The van der Waals surface area contributed by atoms with E-state index in [9.17, 15) is 14.7 Å². The third kappa shape index (κ3) is 8.20. The Balaban J connectivity index is 1.34. The molecule has 1 aliphatic heterocycles. The molecule has 5 rings (SSSR count). The van der Waals surface area contributed by atoms with Crippen LogP contribution in [0.1, 0.15) is 29.8 Å². The number of carbonyl (C=O) groups is 2. The van der Waals surface area contributed by atoms with Gasteiger partial charge < -0.3 is 30.1 Å². The first kappa shape index (κ1) is 31.6. The number of amides is 3. The molecule has 0 aliphatic carbocycles. The average molecular weight is 609 g/mol. The first-order chi connectivity index (χ1) is 21.8. The topological polar surface area (TPSA) is 103 Å². The molecule has 3 N–H and O–H groups in total. The van der Waals surface area contributed by atoms with Crippen LogP contribution >= 0.6 is 0 Å². The lowest BCUT2D eigenvalue weighted by Crippen LogP contribution is -2.49. The number of rotatable bonds is 10. The number of urea groups is 1. The van der Waals surface area contributed by atoms with Gasteiger partial charge in [0, 0.05) is 31.2 Å². The van der Waals surface area contributed by atoms with E-state index in [1.807, 2.05) is 93.7 Å². The van der Waals surface area contributed by atoms with Crippen LogP contribution < -0.4 is 20.1 Å². The second-order valence-electron chi connectivity index (χ2n) is 11.5. The SMILES string of the molecule is C[C@H](CO)N1C[C@H](C)[C@@H](CN(C)Cc2ccc(Oc3ccccc3)cc2)Oc2c(NC(=O)Nc3ccccc3)cccc2C1=O. The summed E-state index contributed by atoms with van der Waals surface area (Å²) < 4.78 is 12.6. The van der Waals surface area contributed by atoms with Gasteiger partial charge in [-0.05, 0) is 68.1 Å². The van der Waals surface area contributed by atoms with Gasteiger partial charge in [0.05, 0.1) is 23.9 Å². The third-order valence-electron chi connectivity index (χ3n) is 7.82. The van der Waals surface area contributed by atoms with Crippen molar-refractivity contribution in [2.45, 2.75) is 32.5 Å². The maximum Gasteiger partial charge on any atom is 0.323 e. The number of benzene rings is 4. The quantitative estimate of drug-likeness (QED) is 0.191. The van der Waals surface area contributed by atoms with Crippen molar-refractivity contribution in [1.29, 1.82) is 0 Å². The second kappa shape index (κ2) is 14.7. The Morgan fingerprint density at radius 1 is 0.956 bits per heavy atom. The summed E-state index contributed by atoms with van der Waals surface area (Å²) in [6, 6.07) is 31.1. The molecule has 1 aliphatic rings. The minimum Gasteiger partial charge on any atom is -0.486 e. The second-order valence-corrected chi connectivity index (χ2v) is 11.5. The Morgan fingerprint density at radius 3 is 2.31 bits per heavy atom. The molecule has 0 radical (unpaired) electrons. The largest absolute Gasteiger partial charge is 0.486 e. The van der Waals surface area contributed by atoms with Gasteiger partial charge in [-0.3, -0.25) is 9.69 Å². The third-order valence-corrected chi connectivity index (χ3v) is 7.82. The van der Waals surface area contributed by atoms with E-state index in [0.29, 0.717) is 42.3 Å². The number of aliphatic hydroxyl groups is 1. The summed E-state index contributed by atoms with van der Waals surface area (Å²) in [4.78, 5) is 30.6. The number of hydrogen-bond acceptors (Lipinski definition) is 6. The molecule has 1 heterocycles. The number of nitrogens with one attached hydrogen (secondary N) is 2. The predicted molar refractivity (Wildman–Crippen MR) is 176 cm³/mol. The van der Waals surface area contributed by atoms with Gasteiger partial charge in [-0.2, -0.15) is 0 Å². The number of hydrogen-bond donors (Lipinski definition) is 3. The highest BCUT2D eigenvalue weighted by Crippen LogP contribution is 2.35. The first-order valence-electron chi connectivity index (χ1n) is 15.2. The molecule has 4 aromatic carbocycles. The van der Waals surface area contributed by atoms with Crippen molar-refractivity contribution in [3.8, 4) is 17.2 Å². The summed E-state index contributed by atoms with van der Waals surface area (Å²) in [6.07, 6.45) is -0.323. The molecule has 45 heavy (non-hydrogen) atoms. The van der Waals surface area contributed by atoms with Gasteiger partial charge in [0.2, 0.25) is 0 Å². The number of anilines is 2. The van der Waals surface area contributed by atoms with E-state index >= 15 is 0 Å². The van der Waals surface area contributed by atoms with Crippen LogP contribution in [-0.4, -0.2) is 65.7 Å². The molecular formula is C36H40N4O5. The number of ether oxygens (including phenoxy) is 2. The number of fused-ring (bicyclic) bond motifs is 1. The van der Waals surface area contributed by atoms with Crippen molar-refractivity contribution in [3.63, 3.8) is 0 Å². The van der Waals surface area contributed by atoms with Gasteiger partial charge in [-0.25, -0.2) is 4.79 Å². The molecule has 0 unspecified atom stereocenters. The van der Waals surface area contributed by atoms with E-state index in [-0.39, 0.29) is 30.6 Å². The van der Waals surface area contributed by atoms with E-state index in [1.165, 1.54) is 0 Å². The molecule has 9 nitrogen and oxygen atoms in total. The van der Waals surface area contributed by atoms with Crippen molar-refractivity contribution in [2.24, 2.45) is 5.92 Å². The number of para-hydroxylation sites is 3. The minimum absolute atomic E-state index is 0.0774. The smallest absolute Gasteiger partial charge is 0.323 e. The van der Waals surface area contributed by atoms with Crippen LogP contribution in [0.5, 0.6) is 17.2 Å². The zero-order chi connectivity index (χ0) is 31.8. The minimum atomic E-state index is -0.449. The highest BCUT2D eigenvalue weighted by molar-refractivity contribution is 6.04. The summed E-state index contributed by atoms with van der Waals surface area (Å²) >= 11 is 0. The molecule has 0 spiro atoms. The lowest BCUT2D eigenvalue weighted by molar-refractivity contribution is 0.0343. The van der Waals surface area contributed by atoms with Crippen molar-refractivity contribution < 1.29 is 24.2 Å². The van der Waals surface area contributed by atoms with E-state index in [2.05, 4.69) is 15.5 Å². The van der Waals surface area contributed by atoms with E-state index in [0.717, 1.165) is 17.1 Å². The Morgan fingerprint density at radius 2 is 1.62 bits per heavy atom. The Hall–Kier alpha value is -4.86. The standard InChI is InChI=1S/C36H40N4O5/c1-25-21-40(26(2)24-41)35(42)31-15-10-16-32(38-36(43)37-28-11-6-4-7-12-28)34(31)45-33(25)23-39(3)22-27-17-19-30(20-18-27)44-29-13-8-5-9-14-29/h4-20,25-26,33,41H,21-24H2,1-3H3,(H2,37,38,43)/t25-,26+,33+/m0/s1. The maximum atomic E-state index is 13.8. The van der Waals surface area contributed by atoms with Gasteiger partial charge in [0.25, 0.3) is 5.91 Å². The first-order valence-corrected chi connectivity index (χ1v) is 15.2. The zero-order valence-corrected chi connectivity index (χ0v) is 25.9. The molecule has 0 aromatic heterocycles.